The van der Waals surface area contributed by atoms with E-state index in [4.69, 9.17) is 0 Å². The van der Waals surface area contributed by atoms with Gasteiger partial charge in [-0.1, -0.05) is 0 Å². The van der Waals surface area contributed by atoms with E-state index in [1.807, 2.05) is 0 Å². The summed E-state index contributed by atoms with van der Waals surface area (Å²) in [5.74, 6) is 0.693. The number of benzene rings is 1. The van der Waals surface area contributed by atoms with Gasteiger partial charge in [-0.25, -0.2) is 12.8 Å². The van der Waals surface area contributed by atoms with E-state index >= 15 is 0 Å². The smallest absolute Gasteiger partial charge is 0.243 e. The highest BCUT2D eigenvalue weighted by Gasteiger charge is 2.55. The molecule has 5 fully saturated rings. The molecule has 1 heterocycles. The van der Waals surface area contributed by atoms with Crippen molar-refractivity contribution in [1.29, 1.82) is 0 Å². The van der Waals surface area contributed by atoms with E-state index in [-0.39, 0.29) is 35.9 Å². The number of amides is 1. The molecule has 4 saturated carbocycles. The fourth-order valence-electron chi connectivity index (χ4n) is 6.61. The van der Waals surface area contributed by atoms with E-state index in [2.05, 4.69) is 5.32 Å². The van der Waals surface area contributed by atoms with Crippen LogP contribution in [0.5, 0.6) is 0 Å². The molecule has 5 aliphatic rings. The van der Waals surface area contributed by atoms with Crippen molar-refractivity contribution in [2.24, 2.45) is 23.7 Å². The third kappa shape index (κ3) is 3.56. The molecule has 0 radical (unpaired) electrons. The zero-order valence-electron chi connectivity index (χ0n) is 17.0. The lowest BCUT2D eigenvalue weighted by Gasteiger charge is -2.58. The summed E-state index contributed by atoms with van der Waals surface area (Å²) in [4.78, 5) is 13.0. The van der Waals surface area contributed by atoms with E-state index in [1.165, 1.54) is 16.4 Å². The SMILES string of the molecule is O=C(NC1C2CC3CC1CC(O)(C3)C2)C1CCN(S(=O)(=O)c2ccc(F)cc2)CC1. The Bertz CT molecular complexity index is 911. The van der Waals surface area contributed by atoms with Crippen molar-refractivity contribution in [3.63, 3.8) is 0 Å². The van der Waals surface area contributed by atoms with Crippen LogP contribution in [-0.4, -0.2) is 48.5 Å². The first-order valence-electron chi connectivity index (χ1n) is 11.0. The Hall–Kier alpha value is -1.51. The Balaban J connectivity index is 1.19. The van der Waals surface area contributed by atoms with Gasteiger partial charge in [-0.15, -0.1) is 0 Å². The normalized spacial score (nSPS) is 36.7. The number of sulfonamides is 1. The molecule has 1 aromatic carbocycles. The Kier molecular flexibility index (Phi) is 4.95. The van der Waals surface area contributed by atoms with E-state index in [9.17, 15) is 22.7 Å². The fraction of sp³-hybridized carbons (Fsp3) is 0.682. The molecule has 164 valence electrons. The summed E-state index contributed by atoms with van der Waals surface area (Å²) in [6.45, 7) is 0.578. The molecule has 30 heavy (non-hydrogen) atoms. The highest BCUT2D eigenvalue weighted by Crippen LogP contribution is 2.55. The second-order valence-corrected chi connectivity index (χ2v) is 11.8. The van der Waals surface area contributed by atoms with Gasteiger partial charge in [0.15, 0.2) is 0 Å². The van der Waals surface area contributed by atoms with Gasteiger partial charge in [0.25, 0.3) is 0 Å². The van der Waals surface area contributed by atoms with Gasteiger partial charge in [0.05, 0.1) is 10.5 Å². The summed E-state index contributed by atoms with van der Waals surface area (Å²) < 4.78 is 40.0. The van der Waals surface area contributed by atoms with Gasteiger partial charge in [-0.05, 0) is 87.0 Å². The van der Waals surface area contributed by atoms with Crippen molar-refractivity contribution < 1.29 is 22.7 Å². The van der Waals surface area contributed by atoms with Crippen molar-refractivity contribution in [3.05, 3.63) is 30.1 Å². The second kappa shape index (κ2) is 7.28. The summed E-state index contributed by atoms with van der Waals surface area (Å²) in [6.07, 6.45) is 5.66. The number of rotatable bonds is 4. The number of carbonyl (C=O) groups is 1. The minimum Gasteiger partial charge on any atom is -0.390 e. The van der Waals surface area contributed by atoms with Crippen LogP contribution in [-0.2, 0) is 14.8 Å². The molecule has 0 spiro atoms. The van der Waals surface area contributed by atoms with Crippen molar-refractivity contribution in [3.8, 4) is 0 Å². The summed E-state index contributed by atoms with van der Waals surface area (Å²) in [6, 6.07) is 5.01. The Labute approximate surface area is 176 Å². The molecule has 2 atom stereocenters. The van der Waals surface area contributed by atoms with Gasteiger partial charge in [0.1, 0.15) is 5.82 Å². The number of hydrogen-bond donors (Lipinski definition) is 2. The lowest BCUT2D eigenvalue weighted by molar-refractivity contribution is -0.148. The maximum atomic E-state index is 13.1. The zero-order chi connectivity index (χ0) is 21.1. The van der Waals surface area contributed by atoms with Crippen LogP contribution in [0.15, 0.2) is 29.2 Å². The molecule has 1 aliphatic heterocycles. The van der Waals surface area contributed by atoms with Crippen molar-refractivity contribution in [2.45, 2.75) is 61.5 Å². The predicted molar refractivity (Wildman–Crippen MR) is 108 cm³/mol. The Morgan fingerprint density at radius 3 is 2.23 bits per heavy atom. The van der Waals surface area contributed by atoms with Crippen LogP contribution >= 0.6 is 0 Å². The first kappa shape index (κ1) is 20.4. The van der Waals surface area contributed by atoms with Gasteiger partial charge in [0.2, 0.25) is 15.9 Å². The monoisotopic (exact) mass is 436 g/mol. The third-order valence-corrected chi connectivity index (χ3v) is 9.74. The Morgan fingerprint density at radius 2 is 1.67 bits per heavy atom. The average Bonchev–Trinajstić information content (AvgIpc) is 2.70. The topological polar surface area (TPSA) is 86.7 Å². The minimum absolute atomic E-state index is 0.0262. The maximum absolute atomic E-state index is 13.1. The predicted octanol–water partition coefficient (Wildman–Crippen LogP) is 2.28. The molecule has 6 rings (SSSR count). The summed E-state index contributed by atoms with van der Waals surface area (Å²) >= 11 is 0. The van der Waals surface area contributed by atoms with E-state index in [0.717, 1.165) is 44.2 Å². The Morgan fingerprint density at radius 1 is 1.07 bits per heavy atom. The molecule has 2 N–H and O–H groups in total. The highest BCUT2D eigenvalue weighted by molar-refractivity contribution is 7.89. The molecule has 1 amide bonds. The number of hydrogen-bond acceptors (Lipinski definition) is 4. The van der Waals surface area contributed by atoms with Crippen LogP contribution < -0.4 is 5.32 Å². The first-order chi connectivity index (χ1) is 14.2. The maximum Gasteiger partial charge on any atom is 0.243 e. The van der Waals surface area contributed by atoms with Crippen LogP contribution in [0, 0.1) is 29.5 Å². The third-order valence-electron chi connectivity index (χ3n) is 7.83. The fourth-order valence-corrected chi connectivity index (χ4v) is 8.08. The number of carbonyl (C=O) groups excluding carboxylic acids is 1. The number of nitrogens with one attached hydrogen (secondary N) is 1. The van der Waals surface area contributed by atoms with Crippen LogP contribution in [0.1, 0.15) is 44.9 Å². The average molecular weight is 437 g/mol. The van der Waals surface area contributed by atoms with Crippen LogP contribution in [0.2, 0.25) is 0 Å². The summed E-state index contributed by atoms with van der Waals surface area (Å²) in [5.41, 5.74) is -0.516. The molecule has 0 aromatic heterocycles. The number of aliphatic hydroxyl groups is 1. The van der Waals surface area contributed by atoms with E-state index in [1.54, 1.807) is 0 Å². The van der Waals surface area contributed by atoms with Gasteiger partial charge in [0, 0.05) is 25.0 Å². The van der Waals surface area contributed by atoms with Gasteiger partial charge < -0.3 is 10.4 Å². The summed E-state index contributed by atoms with van der Waals surface area (Å²) in [7, 11) is -3.67. The number of piperidine rings is 1. The standard InChI is InChI=1S/C22H29FN2O4S/c23-18-1-3-19(4-2-18)30(28,29)25-7-5-15(6-8-25)21(26)24-20-16-9-14-10-17(20)13-22(27,11-14)12-16/h1-4,14-17,20,27H,5-13H2,(H,24,26). The lowest BCUT2D eigenvalue weighted by atomic mass is 9.52. The molecule has 1 saturated heterocycles. The van der Waals surface area contributed by atoms with Crippen LogP contribution in [0.4, 0.5) is 4.39 Å². The molecule has 4 aliphatic carbocycles. The van der Waals surface area contributed by atoms with Gasteiger partial charge in [-0.2, -0.15) is 4.31 Å². The quantitative estimate of drug-likeness (QED) is 0.758. The highest BCUT2D eigenvalue weighted by atomic mass is 32.2. The van der Waals surface area contributed by atoms with Crippen molar-refractivity contribution >= 4 is 15.9 Å². The van der Waals surface area contributed by atoms with Gasteiger partial charge >= 0.3 is 0 Å². The van der Waals surface area contributed by atoms with Crippen molar-refractivity contribution in [1.82, 2.24) is 9.62 Å². The van der Waals surface area contributed by atoms with E-state index < -0.39 is 21.4 Å². The molecule has 6 nitrogen and oxygen atoms in total. The largest absolute Gasteiger partial charge is 0.390 e. The van der Waals surface area contributed by atoms with Crippen LogP contribution in [0.3, 0.4) is 0 Å². The number of halogens is 1. The first-order valence-corrected chi connectivity index (χ1v) is 12.5. The van der Waals surface area contributed by atoms with E-state index in [0.29, 0.717) is 30.6 Å². The molecular formula is C22H29FN2O4S. The second-order valence-electron chi connectivity index (χ2n) is 9.86. The molecule has 2 unspecified atom stereocenters. The molecule has 4 bridgehead atoms. The molecule has 8 heteroatoms. The zero-order valence-corrected chi connectivity index (χ0v) is 17.8. The lowest BCUT2D eigenvalue weighted by Crippen LogP contribution is -2.62. The minimum atomic E-state index is -3.67. The number of nitrogens with zero attached hydrogens (tertiary/aromatic N) is 1. The molecule has 1 aromatic rings. The molecular weight excluding hydrogens is 407 g/mol. The summed E-state index contributed by atoms with van der Waals surface area (Å²) in [5, 5.41) is 14.0. The van der Waals surface area contributed by atoms with Crippen LogP contribution in [0.25, 0.3) is 0 Å². The van der Waals surface area contributed by atoms with Crippen molar-refractivity contribution in [2.75, 3.05) is 13.1 Å². The van der Waals surface area contributed by atoms with Gasteiger partial charge in [-0.3, -0.25) is 4.79 Å².